The van der Waals surface area contributed by atoms with E-state index in [-0.39, 0.29) is 30.3 Å². The van der Waals surface area contributed by atoms with Crippen LogP contribution in [0, 0.1) is 5.82 Å². The molecule has 1 aromatic heterocycles. The Morgan fingerprint density at radius 3 is 2.91 bits per heavy atom. The van der Waals surface area contributed by atoms with Crippen LogP contribution in [0.15, 0.2) is 46.0 Å². The molecule has 1 saturated heterocycles. The number of aliphatic hydroxyl groups excluding tert-OH is 1. The van der Waals surface area contributed by atoms with Gasteiger partial charge in [0, 0.05) is 60.5 Å². The van der Waals surface area contributed by atoms with Gasteiger partial charge in [-0.05, 0) is 17.7 Å². The average molecular weight is 516 g/mol. The molecule has 0 radical (unpaired) electrons. The highest BCUT2D eigenvalue weighted by atomic mass is 35.5. The lowest BCUT2D eigenvalue weighted by molar-refractivity contribution is -0.0500. The van der Waals surface area contributed by atoms with Gasteiger partial charge in [0.15, 0.2) is 17.1 Å². The fourth-order valence-electron chi connectivity index (χ4n) is 4.06. The molecule has 2 aliphatic heterocycles. The van der Waals surface area contributed by atoms with Crippen LogP contribution in [0.3, 0.4) is 0 Å². The van der Waals surface area contributed by atoms with Gasteiger partial charge in [0.1, 0.15) is 11.9 Å². The van der Waals surface area contributed by atoms with Gasteiger partial charge in [-0.3, -0.25) is 4.99 Å². The summed E-state index contributed by atoms with van der Waals surface area (Å²) in [5, 5.41) is 13.3. The van der Waals surface area contributed by atoms with E-state index in [2.05, 4.69) is 9.71 Å². The minimum atomic E-state index is -3.58. The number of amidine groups is 1. The molecule has 3 heterocycles. The van der Waals surface area contributed by atoms with Crippen LogP contribution in [0.4, 0.5) is 4.39 Å². The molecule has 4 N–H and O–H groups in total. The summed E-state index contributed by atoms with van der Waals surface area (Å²) in [5.41, 5.74) is 6.97. The lowest BCUT2D eigenvalue weighted by Gasteiger charge is -2.34. The smallest absolute Gasteiger partial charge is 0.213 e. The highest BCUT2D eigenvalue weighted by Crippen LogP contribution is 2.43. The zero-order valence-corrected chi connectivity index (χ0v) is 20.0. The van der Waals surface area contributed by atoms with Gasteiger partial charge in [0.25, 0.3) is 0 Å². The van der Waals surface area contributed by atoms with E-state index in [0.29, 0.717) is 27.7 Å². The van der Waals surface area contributed by atoms with Gasteiger partial charge in [-0.2, -0.15) is 0 Å². The van der Waals surface area contributed by atoms with Crippen LogP contribution in [-0.2, 0) is 14.8 Å². The lowest BCUT2D eigenvalue weighted by Crippen LogP contribution is -2.41. The molecule has 0 spiro atoms. The third-order valence-electron chi connectivity index (χ3n) is 5.41. The second-order valence-electron chi connectivity index (χ2n) is 7.59. The third kappa shape index (κ3) is 4.97. The number of nitrogens with zero attached hydrogens (tertiary/aromatic N) is 3. The molecule has 1 fully saturated rings. The maximum atomic E-state index is 13.7. The summed E-state index contributed by atoms with van der Waals surface area (Å²) < 4.78 is 46.3. The van der Waals surface area contributed by atoms with Crippen molar-refractivity contribution in [3.8, 4) is 0 Å². The van der Waals surface area contributed by atoms with Gasteiger partial charge in [0.05, 0.1) is 5.75 Å². The highest BCUT2D eigenvalue weighted by molar-refractivity contribution is 7.89. The number of hydrogen-bond acceptors (Lipinski definition) is 9. The van der Waals surface area contributed by atoms with E-state index in [1.807, 2.05) is 4.90 Å². The number of nitrogens with one attached hydrogen (secondary N) is 1. The number of ether oxygens (including phenoxy) is 1. The quantitative estimate of drug-likeness (QED) is 0.455. The van der Waals surface area contributed by atoms with E-state index in [9.17, 15) is 17.9 Å². The molecule has 4 rings (SSSR count). The van der Waals surface area contributed by atoms with Gasteiger partial charge in [-0.15, -0.1) is 11.3 Å². The van der Waals surface area contributed by atoms with Gasteiger partial charge in [0.2, 0.25) is 10.0 Å². The first-order valence-electron chi connectivity index (χ1n) is 10.1. The first-order valence-corrected chi connectivity index (χ1v) is 13.0. The summed E-state index contributed by atoms with van der Waals surface area (Å²) in [6, 6.07) is 2.70. The number of methoxy groups -OCH3 is 1. The van der Waals surface area contributed by atoms with Crippen molar-refractivity contribution in [3.63, 3.8) is 0 Å². The molecule has 0 saturated carbocycles. The Labute approximate surface area is 199 Å². The summed E-state index contributed by atoms with van der Waals surface area (Å²) >= 11 is 7.73. The molecule has 2 aliphatic rings. The predicted molar refractivity (Wildman–Crippen MR) is 124 cm³/mol. The zero-order valence-electron chi connectivity index (χ0n) is 17.6. The molecule has 0 bridgehead atoms. The molecule has 2 aromatic rings. The molecule has 178 valence electrons. The van der Waals surface area contributed by atoms with Gasteiger partial charge < -0.3 is 20.5 Å². The van der Waals surface area contributed by atoms with Crippen LogP contribution in [0.5, 0.6) is 0 Å². The summed E-state index contributed by atoms with van der Waals surface area (Å²) in [5.74, 6) is -0.183. The predicted octanol–water partition coefficient (Wildman–Crippen LogP) is 1.61. The lowest BCUT2D eigenvalue weighted by atomic mass is 9.94. The Morgan fingerprint density at radius 1 is 1.48 bits per heavy atom. The minimum Gasteiger partial charge on any atom is -0.364 e. The van der Waals surface area contributed by atoms with Gasteiger partial charge in [-0.25, -0.2) is 22.5 Å². The number of hydrogen-bond donors (Lipinski definition) is 3. The van der Waals surface area contributed by atoms with Crippen molar-refractivity contribution in [1.82, 2.24) is 14.6 Å². The summed E-state index contributed by atoms with van der Waals surface area (Å²) in [7, 11) is -2.23. The normalized spacial score (nSPS) is 21.8. The number of fused-ring (bicyclic) bond motifs is 1. The topological polar surface area (TPSA) is 130 Å². The average Bonchev–Trinajstić information content (AvgIpc) is 3.41. The SMILES string of the molecule is COC(O)C1=C2C[C@H](NS(=O)(=O)CCN)CN2C(c2nccs2)=NC1c1ccc(F)cc1Cl. The third-order valence-corrected chi connectivity index (χ3v) is 7.97. The Balaban J connectivity index is 1.83. The second-order valence-corrected chi connectivity index (χ2v) is 10.8. The summed E-state index contributed by atoms with van der Waals surface area (Å²) in [4.78, 5) is 11.0. The molecule has 33 heavy (non-hydrogen) atoms. The number of thiazole rings is 1. The molecule has 0 amide bonds. The van der Waals surface area contributed by atoms with Crippen LogP contribution < -0.4 is 10.5 Å². The molecule has 0 aliphatic carbocycles. The molecule has 2 unspecified atom stereocenters. The number of halogens is 2. The molecule has 13 heteroatoms. The van der Waals surface area contributed by atoms with Crippen LogP contribution in [-0.4, -0.2) is 67.5 Å². The maximum absolute atomic E-state index is 13.7. The van der Waals surface area contributed by atoms with Gasteiger partial charge >= 0.3 is 0 Å². The van der Waals surface area contributed by atoms with Crippen LogP contribution in [0.1, 0.15) is 23.0 Å². The number of rotatable bonds is 8. The fourth-order valence-corrected chi connectivity index (χ4v) is 6.07. The van der Waals surface area contributed by atoms with Crippen molar-refractivity contribution in [3.05, 3.63) is 62.5 Å². The monoisotopic (exact) mass is 515 g/mol. The van der Waals surface area contributed by atoms with E-state index in [0.717, 1.165) is 0 Å². The van der Waals surface area contributed by atoms with Crippen molar-refractivity contribution >= 4 is 38.8 Å². The minimum absolute atomic E-state index is 0.000926. The van der Waals surface area contributed by atoms with Gasteiger partial charge in [-0.1, -0.05) is 17.7 Å². The molecule has 1 aromatic carbocycles. The van der Waals surface area contributed by atoms with E-state index < -0.39 is 34.2 Å². The Bertz CT molecular complexity index is 1190. The maximum Gasteiger partial charge on any atom is 0.213 e. The summed E-state index contributed by atoms with van der Waals surface area (Å²) in [6.45, 7) is 0.278. The Kier molecular flexibility index (Phi) is 7.15. The summed E-state index contributed by atoms with van der Waals surface area (Å²) in [6.07, 6.45) is 0.580. The van der Waals surface area contributed by atoms with Crippen molar-refractivity contribution < 1.29 is 22.7 Å². The van der Waals surface area contributed by atoms with Crippen molar-refractivity contribution in [2.24, 2.45) is 10.7 Å². The first kappa shape index (κ1) is 24.2. The van der Waals surface area contributed by atoms with Crippen molar-refractivity contribution in [1.29, 1.82) is 0 Å². The number of sulfonamides is 1. The van der Waals surface area contributed by atoms with E-state index in [1.54, 1.807) is 11.6 Å². The Hall–Kier alpha value is -1.93. The number of aliphatic hydroxyl groups is 1. The zero-order chi connectivity index (χ0) is 23.8. The van der Waals surface area contributed by atoms with E-state index in [1.165, 1.54) is 36.6 Å². The van der Waals surface area contributed by atoms with Crippen LogP contribution in [0.25, 0.3) is 0 Å². The van der Waals surface area contributed by atoms with Crippen LogP contribution in [0.2, 0.25) is 5.02 Å². The standard InChI is InChI=1S/C20H23ClFN5O4S2/c1-31-20(28)16-15-9-12(26-33(29,30)7-4-23)10-27(15)18(19-24-5-6-32-19)25-17(16)13-3-2-11(22)8-14(13)21/h2-3,5-6,8,12,17,20,26,28H,4,7,9-10,23H2,1H3/t12-,17?,20?/m0/s1. The first-order chi connectivity index (χ1) is 15.7. The van der Waals surface area contributed by atoms with E-state index >= 15 is 0 Å². The van der Waals surface area contributed by atoms with Crippen LogP contribution >= 0.6 is 22.9 Å². The largest absolute Gasteiger partial charge is 0.364 e. The molecule has 3 atom stereocenters. The molecular weight excluding hydrogens is 493 g/mol. The Morgan fingerprint density at radius 2 is 2.27 bits per heavy atom. The number of nitrogens with two attached hydrogens (primary N) is 1. The number of aromatic nitrogens is 1. The van der Waals surface area contributed by atoms with E-state index in [4.69, 9.17) is 27.1 Å². The van der Waals surface area contributed by atoms with Crippen molar-refractivity contribution in [2.75, 3.05) is 26.0 Å². The number of benzene rings is 1. The highest BCUT2D eigenvalue weighted by Gasteiger charge is 2.42. The molecule has 9 nitrogen and oxygen atoms in total. The fraction of sp³-hybridized carbons (Fsp3) is 0.400. The second kappa shape index (κ2) is 9.74. The molecular formula is C20H23ClFN5O4S2. The van der Waals surface area contributed by atoms with Crippen molar-refractivity contribution in [2.45, 2.75) is 24.8 Å². The number of aliphatic imine (C=N–C) groups is 1.